The topological polar surface area (TPSA) is 55.6 Å². The molecule has 0 aromatic rings. The molecule has 0 aromatic carbocycles. The first-order valence-electron chi connectivity index (χ1n) is 8.18. The van der Waals surface area contributed by atoms with E-state index in [0.29, 0.717) is 12.0 Å². The van der Waals surface area contributed by atoms with Crippen LogP contribution < -0.4 is 5.32 Å². The average Bonchev–Trinajstić information content (AvgIpc) is 3.10. The maximum atomic E-state index is 4.74. The van der Waals surface area contributed by atoms with Gasteiger partial charge in [0, 0.05) is 18.5 Å². The third-order valence-electron chi connectivity index (χ3n) is 4.16. The summed E-state index contributed by atoms with van der Waals surface area (Å²) in [6, 6.07) is 0.543. The molecule has 1 aliphatic carbocycles. The number of rotatable bonds is 5. The van der Waals surface area contributed by atoms with Crippen LogP contribution in [0.3, 0.4) is 0 Å². The number of nitrogens with one attached hydrogen (secondary N) is 1. The van der Waals surface area contributed by atoms with Crippen LogP contribution in [0.4, 0.5) is 5.82 Å². The van der Waals surface area contributed by atoms with Crippen molar-refractivity contribution in [3.63, 3.8) is 0 Å². The van der Waals surface area contributed by atoms with Crippen LogP contribution in [-0.2, 0) is 6.54 Å². The highest BCUT2D eigenvalue weighted by atomic mass is 15.2. The maximum absolute atomic E-state index is 4.74. The minimum Gasteiger partial charge on any atom is -0.365 e. The molecule has 5 nitrogen and oxygen atoms in total. The Morgan fingerprint density at radius 3 is 2.71 bits per heavy atom. The summed E-state index contributed by atoms with van der Waals surface area (Å²) in [6.45, 7) is 7.37. The molecule has 21 heavy (non-hydrogen) atoms. The predicted octanol–water partition coefficient (Wildman–Crippen LogP) is 3.67. The number of aromatic nitrogens is 4. The van der Waals surface area contributed by atoms with Crippen LogP contribution in [0.2, 0.25) is 0 Å². The Balaban J connectivity index is 1.98. The standard InChI is InChI=1S/C16H25N5/c1-4-9-21-10-17-15(18-12-7-5-6-8-12)13-16(21)20-14(19-13)11(2)3/h10-12,18H,4-9H2,1-3H3. The molecular formula is C16H25N5. The largest absolute Gasteiger partial charge is 0.365 e. The fourth-order valence-corrected chi connectivity index (χ4v) is 2.99. The van der Waals surface area contributed by atoms with Crippen LogP contribution in [0.15, 0.2) is 6.33 Å². The van der Waals surface area contributed by atoms with Gasteiger partial charge in [-0.2, -0.15) is 0 Å². The van der Waals surface area contributed by atoms with E-state index in [4.69, 9.17) is 9.97 Å². The molecule has 2 aliphatic heterocycles. The Hall–Kier alpha value is -1.65. The normalized spacial score (nSPS) is 16.2. The Morgan fingerprint density at radius 1 is 1.29 bits per heavy atom. The summed E-state index contributed by atoms with van der Waals surface area (Å²) in [5, 5.41) is 3.58. The summed E-state index contributed by atoms with van der Waals surface area (Å²) in [5.74, 6) is 3.13. The summed E-state index contributed by atoms with van der Waals surface area (Å²) in [7, 11) is 0. The monoisotopic (exact) mass is 287 g/mol. The van der Waals surface area contributed by atoms with Gasteiger partial charge in [0.1, 0.15) is 5.82 Å². The zero-order valence-electron chi connectivity index (χ0n) is 13.3. The number of hydrogen-bond donors (Lipinski definition) is 1. The lowest BCUT2D eigenvalue weighted by Gasteiger charge is -2.16. The highest BCUT2D eigenvalue weighted by Gasteiger charge is 2.23. The molecule has 0 bridgehead atoms. The molecule has 1 fully saturated rings. The van der Waals surface area contributed by atoms with Crippen molar-refractivity contribution in [1.29, 1.82) is 0 Å². The van der Waals surface area contributed by atoms with Gasteiger partial charge in [0.05, 0.1) is 6.33 Å². The van der Waals surface area contributed by atoms with E-state index in [0.717, 1.165) is 36.1 Å². The molecule has 2 heterocycles. The smallest absolute Gasteiger partial charge is 0.165 e. The maximum Gasteiger partial charge on any atom is 0.165 e. The SMILES string of the molecule is CCCn1cnc(NC2CCCC2)c2nc(C(C)C)nc1-2. The molecule has 0 aromatic heterocycles. The molecule has 1 N–H and O–H groups in total. The fourth-order valence-electron chi connectivity index (χ4n) is 2.99. The zero-order chi connectivity index (χ0) is 14.8. The number of aryl methyl sites for hydroxylation is 1. The molecule has 114 valence electrons. The van der Waals surface area contributed by atoms with E-state index in [-0.39, 0.29) is 0 Å². The first-order valence-corrected chi connectivity index (χ1v) is 8.18. The molecule has 3 aliphatic rings. The van der Waals surface area contributed by atoms with Crippen molar-refractivity contribution in [2.75, 3.05) is 5.32 Å². The number of nitrogens with zero attached hydrogens (tertiary/aromatic N) is 4. The van der Waals surface area contributed by atoms with Crippen LogP contribution in [0.25, 0.3) is 11.5 Å². The third-order valence-corrected chi connectivity index (χ3v) is 4.16. The van der Waals surface area contributed by atoms with Gasteiger partial charge in [0.25, 0.3) is 0 Å². The second-order valence-electron chi connectivity index (χ2n) is 6.32. The Labute approximate surface area is 126 Å². The number of imidazole rings is 1. The molecule has 0 unspecified atom stereocenters. The summed E-state index contributed by atoms with van der Waals surface area (Å²) in [6.07, 6.45) is 8.07. The van der Waals surface area contributed by atoms with Crippen LogP contribution in [0, 0.1) is 0 Å². The first-order chi connectivity index (χ1) is 10.2. The van der Waals surface area contributed by atoms with Crippen LogP contribution in [0.5, 0.6) is 0 Å². The van der Waals surface area contributed by atoms with Gasteiger partial charge in [-0.25, -0.2) is 15.0 Å². The van der Waals surface area contributed by atoms with Gasteiger partial charge in [-0.15, -0.1) is 0 Å². The van der Waals surface area contributed by atoms with Crippen molar-refractivity contribution in [3.8, 4) is 11.5 Å². The summed E-state index contributed by atoms with van der Waals surface area (Å²) >= 11 is 0. The molecule has 0 spiro atoms. The van der Waals surface area contributed by atoms with Crippen molar-refractivity contribution >= 4 is 5.82 Å². The lowest BCUT2D eigenvalue weighted by molar-refractivity contribution is 0.655. The van der Waals surface area contributed by atoms with Crippen LogP contribution >= 0.6 is 0 Å². The molecule has 0 amide bonds. The highest BCUT2D eigenvalue weighted by molar-refractivity contribution is 5.68. The molecular weight excluding hydrogens is 262 g/mol. The summed E-state index contributed by atoms with van der Waals surface area (Å²) in [5.41, 5.74) is 0.932. The van der Waals surface area contributed by atoms with Gasteiger partial charge in [0.2, 0.25) is 0 Å². The Kier molecular flexibility index (Phi) is 4.08. The third kappa shape index (κ3) is 2.87. The second-order valence-corrected chi connectivity index (χ2v) is 6.32. The molecule has 0 saturated heterocycles. The number of hydrogen-bond acceptors (Lipinski definition) is 4. The van der Waals surface area contributed by atoms with E-state index in [2.05, 4.69) is 35.6 Å². The number of fused-ring (bicyclic) bond motifs is 1. The molecule has 5 heteroatoms. The predicted molar refractivity (Wildman–Crippen MR) is 84.7 cm³/mol. The van der Waals surface area contributed by atoms with Crippen molar-refractivity contribution in [1.82, 2.24) is 19.5 Å². The lowest BCUT2D eigenvalue weighted by atomic mass is 10.2. The van der Waals surface area contributed by atoms with E-state index in [1.807, 2.05) is 6.33 Å². The Morgan fingerprint density at radius 2 is 2.05 bits per heavy atom. The van der Waals surface area contributed by atoms with Crippen LogP contribution in [0.1, 0.15) is 64.6 Å². The van der Waals surface area contributed by atoms with Crippen molar-refractivity contribution < 1.29 is 0 Å². The van der Waals surface area contributed by atoms with Crippen LogP contribution in [-0.4, -0.2) is 25.6 Å². The first kappa shape index (κ1) is 14.3. The van der Waals surface area contributed by atoms with Gasteiger partial charge in [-0.1, -0.05) is 33.6 Å². The minimum atomic E-state index is 0.340. The van der Waals surface area contributed by atoms with Crippen molar-refractivity contribution in [2.45, 2.75) is 71.4 Å². The van der Waals surface area contributed by atoms with E-state index in [1.165, 1.54) is 25.7 Å². The quantitative estimate of drug-likeness (QED) is 0.911. The van der Waals surface area contributed by atoms with Gasteiger partial charge in [-0.05, 0) is 19.3 Å². The summed E-state index contributed by atoms with van der Waals surface area (Å²) < 4.78 is 2.12. The highest BCUT2D eigenvalue weighted by Crippen LogP contribution is 2.30. The number of anilines is 1. The van der Waals surface area contributed by atoms with Gasteiger partial charge < -0.3 is 9.88 Å². The second kappa shape index (κ2) is 6.00. The minimum absolute atomic E-state index is 0.340. The van der Waals surface area contributed by atoms with Gasteiger partial charge in [0.15, 0.2) is 17.3 Å². The van der Waals surface area contributed by atoms with Gasteiger partial charge >= 0.3 is 0 Å². The van der Waals surface area contributed by atoms with E-state index in [9.17, 15) is 0 Å². The summed E-state index contributed by atoms with van der Waals surface area (Å²) in [4.78, 5) is 14.1. The van der Waals surface area contributed by atoms with E-state index >= 15 is 0 Å². The zero-order valence-corrected chi connectivity index (χ0v) is 13.3. The van der Waals surface area contributed by atoms with Crippen molar-refractivity contribution in [3.05, 3.63) is 12.2 Å². The van der Waals surface area contributed by atoms with E-state index in [1.54, 1.807) is 0 Å². The lowest BCUT2D eigenvalue weighted by Crippen LogP contribution is -2.18. The fraction of sp³-hybridized carbons (Fsp3) is 0.688. The molecule has 1 saturated carbocycles. The van der Waals surface area contributed by atoms with Gasteiger partial charge in [-0.3, -0.25) is 0 Å². The molecule has 0 radical (unpaired) electrons. The molecule has 0 atom stereocenters. The molecule has 3 rings (SSSR count). The Bertz CT molecular complexity index is 568. The van der Waals surface area contributed by atoms with Crippen molar-refractivity contribution in [2.24, 2.45) is 0 Å². The van der Waals surface area contributed by atoms with E-state index < -0.39 is 0 Å². The average molecular weight is 287 g/mol.